The molecule has 0 aliphatic carbocycles. The Kier molecular flexibility index (Phi) is 4.28. The van der Waals surface area contributed by atoms with Gasteiger partial charge in [-0.15, -0.1) is 5.10 Å². The second kappa shape index (κ2) is 6.74. The highest BCUT2D eigenvalue weighted by atomic mass is 35.5. The van der Waals surface area contributed by atoms with Crippen molar-refractivity contribution >= 4 is 40.6 Å². The van der Waals surface area contributed by atoms with Crippen molar-refractivity contribution in [3.05, 3.63) is 76.7 Å². The number of hydrogen-bond donors (Lipinski definition) is 1. The van der Waals surface area contributed by atoms with Crippen LogP contribution in [0.4, 0.5) is 5.69 Å². The fourth-order valence-electron chi connectivity index (χ4n) is 2.46. The van der Waals surface area contributed by atoms with Crippen molar-refractivity contribution in [2.75, 3.05) is 5.32 Å². The SMILES string of the molecule is O=C(Nc1ccc(-c2cn3ccnnc3n2)cc1)c1ccc(Cl)c(Cl)c1. The number of nitrogens with zero attached hydrogens (tertiary/aromatic N) is 4. The number of amides is 1. The molecule has 0 aliphatic rings. The highest BCUT2D eigenvalue weighted by Crippen LogP contribution is 2.24. The molecule has 8 heteroatoms. The van der Waals surface area contributed by atoms with Crippen molar-refractivity contribution in [2.45, 2.75) is 0 Å². The van der Waals surface area contributed by atoms with Crippen LogP contribution in [0.5, 0.6) is 0 Å². The average molecular weight is 384 g/mol. The van der Waals surface area contributed by atoms with Gasteiger partial charge in [-0.2, -0.15) is 5.10 Å². The molecule has 1 amide bonds. The minimum atomic E-state index is -0.265. The van der Waals surface area contributed by atoms with Gasteiger partial charge in [-0.1, -0.05) is 35.3 Å². The van der Waals surface area contributed by atoms with Gasteiger partial charge >= 0.3 is 0 Å². The Bertz CT molecular complexity index is 1080. The Morgan fingerprint density at radius 3 is 2.58 bits per heavy atom. The summed E-state index contributed by atoms with van der Waals surface area (Å²) in [5, 5.41) is 11.3. The molecular formula is C18H11Cl2N5O. The Morgan fingerprint density at radius 2 is 1.85 bits per heavy atom. The number of aromatic nitrogens is 4. The molecular weight excluding hydrogens is 373 g/mol. The maximum Gasteiger partial charge on any atom is 0.255 e. The summed E-state index contributed by atoms with van der Waals surface area (Å²) < 4.78 is 1.79. The van der Waals surface area contributed by atoms with E-state index in [1.807, 2.05) is 18.3 Å². The third-order valence-electron chi connectivity index (χ3n) is 3.77. The molecule has 128 valence electrons. The molecule has 4 aromatic rings. The molecule has 0 atom stereocenters. The molecule has 6 nitrogen and oxygen atoms in total. The molecule has 4 rings (SSSR count). The molecule has 0 bridgehead atoms. The number of nitrogens with one attached hydrogen (secondary N) is 1. The topological polar surface area (TPSA) is 72.2 Å². The highest BCUT2D eigenvalue weighted by molar-refractivity contribution is 6.42. The zero-order valence-electron chi connectivity index (χ0n) is 13.2. The van der Waals surface area contributed by atoms with Crippen LogP contribution < -0.4 is 5.32 Å². The van der Waals surface area contributed by atoms with Crippen LogP contribution in [0.2, 0.25) is 10.0 Å². The zero-order valence-corrected chi connectivity index (χ0v) is 14.7. The molecule has 0 radical (unpaired) electrons. The number of rotatable bonds is 3. The molecule has 26 heavy (non-hydrogen) atoms. The Morgan fingerprint density at radius 1 is 1.04 bits per heavy atom. The predicted molar refractivity (Wildman–Crippen MR) is 101 cm³/mol. The lowest BCUT2D eigenvalue weighted by atomic mass is 10.1. The van der Waals surface area contributed by atoms with E-state index in [-0.39, 0.29) is 5.91 Å². The standard InChI is InChI=1S/C18H11Cl2N5O/c19-14-6-3-12(9-15(14)20)17(26)22-13-4-1-11(2-5-13)16-10-25-8-7-21-24-18(25)23-16/h1-10H,(H,22,26). The maximum absolute atomic E-state index is 12.3. The van der Waals surface area contributed by atoms with Crippen LogP contribution in [0.3, 0.4) is 0 Å². The first kappa shape index (κ1) is 16.5. The van der Waals surface area contributed by atoms with Gasteiger partial charge in [0, 0.05) is 29.2 Å². The van der Waals surface area contributed by atoms with Crippen LogP contribution in [0.1, 0.15) is 10.4 Å². The summed E-state index contributed by atoms with van der Waals surface area (Å²) in [6.45, 7) is 0. The van der Waals surface area contributed by atoms with Crippen LogP contribution in [0, 0.1) is 0 Å². The lowest BCUT2D eigenvalue weighted by molar-refractivity contribution is 0.102. The van der Waals surface area contributed by atoms with Gasteiger partial charge in [-0.25, -0.2) is 4.98 Å². The normalized spacial score (nSPS) is 10.8. The van der Waals surface area contributed by atoms with Gasteiger partial charge < -0.3 is 5.32 Å². The van der Waals surface area contributed by atoms with Crippen LogP contribution in [0.25, 0.3) is 17.0 Å². The first-order valence-electron chi connectivity index (χ1n) is 7.63. The molecule has 2 aromatic heterocycles. The van der Waals surface area contributed by atoms with Crippen molar-refractivity contribution in [3.63, 3.8) is 0 Å². The molecule has 0 fully saturated rings. The highest BCUT2D eigenvalue weighted by Gasteiger charge is 2.09. The van der Waals surface area contributed by atoms with Gasteiger partial charge in [0.05, 0.1) is 21.9 Å². The summed E-state index contributed by atoms with van der Waals surface area (Å²) in [5.41, 5.74) is 2.77. The molecule has 1 N–H and O–H groups in total. The van der Waals surface area contributed by atoms with E-state index < -0.39 is 0 Å². The van der Waals surface area contributed by atoms with E-state index in [0.717, 1.165) is 11.3 Å². The van der Waals surface area contributed by atoms with Gasteiger partial charge in [-0.05, 0) is 30.3 Å². The Balaban J connectivity index is 1.53. The van der Waals surface area contributed by atoms with Crippen molar-refractivity contribution in [3.8, 4) is 11.3 Å². The fraction of sp³-hybridized carbons (Fsp3) is 0. The van der Waals surface area contributed by atoms with Crippen molar-refractivity contribution < 1.29 is 4.79 Å². The van der Waals surface area contributed by atoms with Crippen molar-refractivity contribution in [1.82, 2.24) is 19.6 Å². The van der Waals surface area contributed by atoms with E-state index in [1.54, 1.807) is 41.1 Å². The number of benzene rings is 2. The van der Waals surface area contributed by atoms with Gasteiger partial charge in [-0.3, -0.25) is 9.20 Å². The molecule has 0 aliphatic heterocycles. The summed E-state index contributed by atoms with van der Waals surface area (Å²) in [7, 11) is 0. The first-order valence-corrected chi connectivity index (χ1v) is 8.39. The van der Waals surface area contributed by atoms with E-state index in [4.69, 9.17) is 23.2 Å². The minimum absolute atomic E-state index is 0.265. The van der Waals surface area contributed by atoms with E-state index in [1.165, 1.54) is 6.07 Å². The number of carbonyl (C=O) groups excluding carboxylic acids is 1. The Labute approximate surface area is 158 Å². The lowest BCUT2D eigenvalue weighted by Crippen LogP contribution is -2.11. The summed E-state index contributed by atoms with van der Waals surface area (Å²) in [4.78, 5) is 16.7. The second-order valence-corrected chi connectivity index (χ2v) is 6.32. The molecule has 2 heterocycles. The van der Waals surface area contributed by atoms with Crippen LogP contribution in [-0.2, 0) is 0 Å². The second-order valence-electron chi connectivity index (χ2n) is 5.51. The number of fused-ring (bicyclic) bond motifs is 1. The summed E-state index contributed by atoms with van der Waals surface area (Å²) >= 11 is 11.8. The average Bonchev–Trinajstić information content (AvgIpc) is 3.08. The molecule has 2 aromatic carbocycles. The predicted octanol–water partition coefficient (Wildman–Crippen LogP) is 4.35. The van der Waals surface area contributed by atoms with Crippen LogP contribution in [-0.4, -0.2) is 25.5 Å². The third kappa shape index (κ3) is 3.24. The van der Waals surface area contributed by atoms with Gasteiger partial charge in [0.1, 0.15) is 0 Å². The van der Waals surface area contributed by atoms with Gasteiger partial charge in [0.25, 0.3) is 11.7 Å². The number of anilines is 1. The van der Waals surface area contributed by atoms with E-state index in [2.05, 4.69) is 20.5 Å². The zero-order chi connectivity index (χ0) is 18.1. The van der Waals surface area contributed by atoms with Crippen LogP contribution in [0.15, 0.2) is 61.1 Å². The van der Waals surface area contributed by atoms with E-state index in [9.17, 15) is 4.79 Å². The van der Waals surface area contributed by atoms with Crippen molar-refractivity contribution in [2.24, 2.45) is 0 Å². The largest absolute Gasteiger partial charge is 0.322 e. The van der Waals surface area contributed by atoms with E-state index >= 15 is 0 Å². The molecule has 0 saturated carbocycles. The molecule has 0 spiro atoms. The molecule has 0 unspecified atom stereocenters. The van der Waals surface area contributed by atoms with Gasteiger partial charge in [0.2, 0.25) is 0 Å². The Hall–Kier alpha value is -2.96. The summed E-state index contributed by atoms with van der Waals surface area (Å²) in [5.74, 6) is 0.263. The first-order chi connectivity index (χ1) is 12.6. The van der Waals surface area contributed by atoms with Crippen LogP contribution >= 0.6 is 23.2 Å². The number of hydrogen-bond acceptors (Lipinski definition) is 4. The number of halogens is 2. The lowest BCUT2D eigenvalue weighted by Gasteiger charge is -2.07. The minimum Gasteiger partial charge on any atom is -0.322 e. The summed E-state index contributed by atoms with van der Waals surface area (Å²) in [6.07, 6.45) is 5.25. The van der Waals surface area contributed by atoms with E-state index in [0.29, 0.717) is 27.1 Å². The molecule has 0 saturated heterocycles. The number of imidazole rings is 1. The smallest absolute Gasteiger partial charge is 0.255 e. The van der Waals surface area contributed by atoms with Gasteiger partial charge in [0.15, 0.2) is 0 Å². The summed E-state index contributed by atoms with van der Waals surface area (Å²) in [6, 6.07) is 12.1. The third-order valence-corrected chi connectivity index (χ3v) is 4.51. The fourth-order valence-corrected chi connectivity index (χ4v) is 2.76. The van der Waals surface area contributed by atoms with Crippen molar-refractivity contribution in [1.29, 1.82) is 0 Å². The maximum atomic E-state index is 12.3. The number of carbonyl (C=O) groups is 1. The quantitative estimate of drug-likeness (QED) is 0.570. The monoisotopic (exact) mass is 383 g/mol.